The van der Waals surface area contributed by atoms with Gasteiger partial charge >= 0.3 is 0 Å². The third kappa shape index (κ3) is 7.53. The molecule has 21 heavy (non-hydrogen) atoms. The van der Waals surface area contributed by atoms with Crippen LogP contribution in [-0.2, 0) is 16.0 Å². The van der Waals surface area contributed by atoms with Gasteiger partial charge in [-0.25, -0.2) is 0 Å². The summed E-state index contributed by atoms with van der Waals surface area (Å²) in [5.74, 6) is 0.253. The van der Waals surface area contributed by atoms with Gasteiger partial charge in [0.1, 0.15) is 5.75 Å². The van der Waals surface area contributed by atoms with E-state index in [2.05, 4.69) is 10.6 Å². The highest BCUT2D eigenvalue weighted by atomic mass is 35.5. The largest absolute Gasteiger partial charge is 0.494 e. The molecule has 0 bridgehead atoms. The van der Waals surface area contributed by atoms with Crippen LogP contribution in [0.3, 0.4) is 0 Å². The lowest BCUT2D eigenvalue weighted by Gasteiger charge is -2.10. The third-order valence-corrected chi connectivity index (χ3v) is 2.62. The van der Waals surface area contributed by atoms with Gasteiger partial charge in [-0.15, -0.1) is 12.4 Å². The molecule has 0 aromatic heterocycles. The van der Waals surface area contributed by atoms with Gasteiger partial charge in [0.05, 0.1) is 19.7 Å². The first-order valence-corrected chi connectivity index (χ1v) is 6.61. The number of hydrogen-bond acceptors (Lipinski definition) is 4. The molecule has 1 aromatic carbocycles. The minimum atomic E-state index is -0.346. The zero-order valence-corrected chi connectivity index (χ0v) is 12.9. The molecule has 0 fully saturated rings. The molecule has 0 spiro atoms. The summed E-state index contributed by atoms with van der Waals surface area (Å²) in [6.07, 6.45) is 0.673. The first-order chi connectivity index (χ1) is 9.67. The highest BCUT2D eigenvalue weighted by molar-refractivity contribution is 5.85. The van der Waals surface area contributed by atoms with Crippen LogP contribution in [0.25, 0.3) is 0 Å². The normalized spacial score (nSPS) is 9.43. The summed E-state index contributed by atoms with van der Waals surface area (Å²) >= 11 is 0. The Morgan fingerprint density at radius 2 is 1.90 bits per heavy atom. The number of benzene rings is 1. The molecule has 6 nitrogen and oxygen atoms in total. The van der Waals surface area contributed by atoms with E-state index in [0.717, 1.165) is 11.3 Å². The van der Waals surface area contributed by atoms with Crippen LogP contribution in [0.4, 0.5) is 0 Å². The van der Waals surface area contributed by atoms with E-state index in [1.165, 1.54) is 0 Å². The van der Waals surface area contributed by atoms with Crippen molar-refractivity contribution in [2.45, 2.75) is 13.3 Å². The van der Waals surface area contributed by atoms with Crippen LogP contribution in [0, 0.1) is 0 Å². The maximum Gasteiger partial charge on any atom is 0.239 e. The molecule has 2 amide bonds. The van der Waals surface area contributed by atoms with E-state index < -0.39 is 0 Å². The molecule has 0 radical (unpaired) electrons. The molecule has 4 N–H and O–H groups in total. The van der Waals surface area contributed by atoms with Gasteiger partial charge in [-0.05, 0) is 25.0 Å². The minimum Gasteiger partial charge on any atom is -0.494 e. The van der Waals surface area contributed by atoms with Gasteiger partial charge in [-0.3, -0.25) is 9.59 Å². The van der Waals surface area contributed by atoms with Crippen LogP contribution < -0.4 is 21.1 Å². The van der Waals surface area contributed by atoms with Crippen molar-refractivity contribution in [3.8, 4) is 5.75 Å². The van der Waals surface area contributed by atoms with E-state index in [1.54, 1.807) is 0 Å². The Bertz CT molecular complexity index is 455. The Morgan fingerprint density at radius 1 is 1.19 bits per heavy atom. The van der Waals surface area contributed by atoms with Crippen LogP contribution in [0.5, 0.6) is 5.75 Å². The zero-order valence-electron chi connectivity index (χ0n) is 12.1. The van der Waals surface area contributed by atoms with Crippen molar-refractivity contribution in [3.05, 3.63) is 29.8 Å². The van der Waals surface area contributed by atoms with Gasteiger partial charge in [0.15, 0.2) is 0 Å². The van der Waals surface area contributed by atoms with Gasteiger partial charge in [0, 0.05) is 6.54 Å². The van der Waals surface area contributed by atoms with Crippen molar-refractivity contribution in [1.82, 2.24) is 10.6 Å². The van der Waals surface area contributed by atoms with E-state index in [-0.39, 0.29) is 37.3 Å². The second-order valence-electron chi connectivity index (χ2n) is 4.12. The fraction of sp³-hybridized carbons (Fsp3) is 0.429. The van der Waals surface area contributed by atoms with Crippen molar-refractivity contribution in [1.29, 1.82) is 0 Å². The first kappa shape index (κ1) is 19.2. The summed E-state index contributed by atoms with van der Waals surface area (Å²) < 4.78 is 5.50. The molecule has 0 heterocycles. The number of nitrogens with one attached hydrogen (secondary N) is 2. The monoisotopic (exact) mass is 315 g/mol. The quantitative estimate of drug-likeness (QED) is 0.640. The molecule has 0 aliphatic heterocycles. The second-order valence-corrected chi connectivity index (χ2v) is 4.12. The average Bonchev–Trinajstić information content (AvgIpc) is 2.46. The maximum atomic E-state index is 11.5. The predicted molar refractivity (Wildman–Crippen MR) is 83.6 cm³/mol. The lowest BCUT2D eigenvalue weighted by Crippen LogP contribution is -2.40. The SMILES string of the molecule is CCOc1ccccc1CCNC(=O)CNC(=O)CN.Cl. The molecular weight excluding hydrogens is 294 g/mol. The topological polar surface area (TPSA) is 93.5 Å². The Kier molecular flexibility index (Phi) is 10.0. The number of carbonyl (C=O) groups is 2. The van der Waals surface area contributed by atoms with E-state index in [9.17, 15) is 9.59 Å². The lowest BCUT2D eigenvalue weighted by atomic mass is 10.1. The molecule has 0 atom stereocenters. The molecule has 0 aliphatic carbocycles. The number of carbonyl (C=O) groups excluding carboxylic acids is 2. The number of rotatable bonds is 8. The molecule has 118 valence electrons. The van der Waals surface area contributed by atoms with Crippen molar-refractivity contribution < 1.29 is 14.3 Å². The molecule has 7 heteroatoms. The maximum absolute atomic E-state index is 11.5. The van der Waals surface area contributed by atoms with Crippen molar-refractivity contribution >= 4 is 24.2 Å². The average molecular weight is 316 g/mol. The van der Waals surface area contributed by atoms with Crippen molar-refractivity contribution in [3.63, 3.8) is 0 Å². The van der Waals surface area contributed by atoms with Gasteiger partial charge in [-0.1, -0.05) is 18.2 Å². The van der Waals surface area contributed by atoms with Crippen LogP contribution in [0.15, 0.2) is 24.3 Å². The van der Waals surface area contributed by atoms with E-state index >= 15 is 0 Å². The van der Waals surface area contributed by atoms with Gasteiger partial charge in [0.25, 0.3) is 0 Å². The van der Waals surface area contributed by atoms with Gasteiger partial charge in [0.2, 0.25) is 11.8 Å². The van der Waals surface area contributed by atoms with Crippen LogP contribution in [0.1, 0.15) is 12.5 Å². The molecule has 0 unspecified atom stereocenters. The number of nitrogens with two attached hydrogens (primary N) is 1. The number of hydrogen-bond donors (Lipinski definition) is 3. The summed E-state index contributed by atoms with van der Waals surface area (Å²) in [4.78, 5) is 22.4. The van der Waals surface area contributed by atoms with Crippen LogP contribution >= 0.6 is 12.4 Å². The van der Waals surface area contributed by atoms with Crippen molar-refractivity contribution in [2.24, 2.45) is 5.73 Å². The summed E-state index contributed by atoms with van der Waals surface area (Å²) in [6.45, 7) is 2.85. The van der Waals surface area contributed by atoms with E-state index in [4.69, 9.17) is 10.5 Å². The Labute approximate surface area is 130 Å². The van der Waals surface area contributed by atoms with Gasteiger partial charge in [-0.2, -0.15) is 0 Å². The standard InChI is InChI=1S/C14H21N3O3.ClH/c1-2-20-12-6-4-3-5-11(12)7-8-16-14(19)10-17-13(18)9-15;/h3-6H,2,7-10,15H2,1H3,(H,16,19)(H,17,18);1H. The molecular formula is C14H22ClN3O3. The van der Waals surface area contributed by atoms with Crippen LogP contribution in [-0.4, -0.2) is 38.1 Å². The molecule has 0 saturated carbocycles. The summed E-state index contributed by atoms with van der Waals surface area (Å²) in [5.41, 5.74) is 6.16. The number of amides is 2. The smallest absolute Gasteiger partial charge is 0.239 e. The summed E-state index contributed by atoms with van der Waals surface area (Å²) in [7, 11) is 0. The highest BCUT2D eigenvalue weighted by Gasteiger charge is 2.05. The Morgan fingerprint density at radius 3 is 2.57 bits per heavy atom. The highest BCUT2D eigenvalue weighted by Crippen LogP contribution is 2.17. The zero-order chi connectivity index (χ0) is 14.8. The lowest BCUT2D eigenvalue weighted by molar-refractivity contribution is -0.125. The fourth-order valence-electron chi connectivity index (χ4n) is 1.66. The Hall–Kier alpha value is -1.79. The Balaban J connectivity index is 0.00000400. The first-order valence-electron chi connectivity index (χ1n) is 6.61. The predicted octanol–water partition coefficient (Wildman–Crippen LogP) is 0.241. The van der Waals surface area contributed by atoms with Gasteiger partial charge < -0.3 is 21.1 Å². The summed E-state index contributed by atoms with van der Waals surface area (Å²) in [5, 5.41) is 5.14. The fourth-order valence-corrected chi connectivity index (χ4v) is 1.66. The molecule has 0 aliphatic rings. The molecule has 1 rings (SSSR count). The third-order valence-electron chi connectivity index (χ3n) is 2.62. The minimum absolute atomic E-state index is 0. The van der Waals surface area contributed by atoms with Crippen LogP contribution in [0.2, 0.25) is 0 Å². The molecule has 0 saturated heterocycles. The number of ether oxygens (including phenoxy) is 1. The van der Waals surface area contributed by atoms with E-state index in [0.29, 0.717) is 19.6 Å². The second kappa shape index (κ2) is 10.9. The summed E-state index contributed by atoms with van der Waals surface area (Å²) in [6, 6.07) is 7.71. The number of halogens is 1. The van der Waals surface area contributed by atoms with Crippen molar-refractivity contribution in [2.75, 3.05) is 26.2 Å². The number of para-hydroxylation sites is 1. The van der Waals surface area contributed by atoms with E-state index in [1.807, 2.05) is 31.2 Å². The molecule has 1 aromatic rings.